The maximum Gasteiger partial charge on any atom is 0.184 e. The summed E-state index contributed by atoms with van der Waals surface area (Å²) >= 11 is 6.02. The average molecular weight is 186 g/mol. The Bertz CT molecular complexity index is 253. The summed E-state index contributed by atoms with van der Waals surface area (Å²) in [6, 6.07) is 0. The van der Waals surface area contributed by atoms with Crippen molar-refractivity contribution < 1.29 is 0 Å². The molecule has 1 rings (SSSR count). The highest BCUT2D eigenvalue weighted by atomic mass is 32.1. The lowest BCUT2D eigenvalue weighted by Crippen LogP contribution is -2.23. The van der Waals surface area contributed by atoms with Gasteiger partial charge in [-0.25, -0.2) is 4.98 Å². The first-order chi connectivity index (χ1) is 5.29. The fraction of sp³-hybridized carbons (Fsp3) is 0. The van der Waals surface area contributed by atoms with Crippen LogP contribution < -0.4 is 11.2 Å². The molecule has 0 aliphatic carbocycles. The molecule has 0 spiro atoms. The lowest BCUT2D eigenvalue weighted by Gasteiger charge is -1.90. The normalized spacial score (nSPS) is 10.2. The van der Waals surface area contributed by atoms with Crippen LogP contribution in [0.15, 0.2) is 16.7 Å². The zero-order chi connectivity index (χ0) is 8.10. The van der Waals surface area contributed by atoms with Gasteiger partial charge in [0, 0.05) is 11.6 Å². The topological polar surface area (TPSA) is 63.3 Å². The van der Waals surface area contributed by atoms with Gasteiger partial charge in [0.2, 0.25) is 0 Å². The molecular formula is C5H6N4S2. The van der Waals surface area contributed by atoms with Crippen LogP contribution in [0.1, 0.15) is 5.01 Å². The van der Waals surface area contributed by atoms with Crippen LogP contribution in [0.2, 0.25) is 0 Å². The Morgan fingerprint density at radius 3 is 3.27 bits per heavy atom. The molecule has 11 heavy (non-hydrogen) atoms. The van der Waals surface area contributed by atoms with Crippen LogP contribution in [0.5, 0.6) is 0 Å². The Morgan fingerprint density at radius 1 is 1.91 bits per heavy atom. The molecule has 4 nitrogen and oxygen atoms in total. The molecule has 58 valence electrons. The predicted octanol–water partition coefficient (Wildman–Crippen LogP) is 0.310. The van der Waals surface area contributed by atoms with Crippen molar-refractivity contribution in [1.29, 1.82) is 0 Å². The predicted molar refractivity (Wildman–Crippen MR) is 49.6 cm³/mol. The minimum Gasteiger partial charge on any atom is -0.375 e. The van der Waals surface area contributed by atoms with E-state index in [9.17, 15) is 0 Å². The van der Waals surface area contributed by atoms with Gasteiger partial charge < -0.3 is 5.73 Å². The van der Waals surface area contributed by atoms with Gasteiger partial charge in [-0.05, 0) is 12.2 Å². The van der Waals surface area contributed by atoms with Crippen LogP contribution in [-0.4, -0.2) is 16.3 Å². The minimum absolute atomic E-state index is 0.151. The molecule has 0 saturated heterocycles. The second-order valence-corrected chi connectivity index (χ2v) is 2.97. The maximum atomic E-state index is 5.12. The van der Waals surface area contributed by atoms with Gasteiger partial charge in [0.15, 0.2) is 5.11 Å². The highest BCUT2D eigenvalue weighted by Crippen LogP contribution is 1.98. The Hall–Kier alpha value is -1.01. The molecule has 3 N–H and O–H groups in total. The summed E-state index contributed by atoms with van der Waals surface area (Å²) in [4.78, 5) is 3.96. The number of hydrogen-bond acceptors (Lipinski definition) is 4. The molecule has 1 aromatic rings. The summed E-state index contributed by atoms with van der Waals surface area (Å²) in [7, 11) is 0. The number of rotatable bonds is 2. The first kappa shape index (κ1) is 8.09. The third-order valence-corrected chi connectivity index (χ3v) is 1.60. The molecule has 1 aromatic heterocycles. The van der Waals surface area contributed by atoms with Crippen molar-refractivity contribution in [1.82, 2.24) is 10.4 Å². The van der Waals surface area contributed by atoms with Gasteiger partial charge in [-0.15, -0.1) is 11.3 Å². The molecule has 0 aliphatic rings. The number of hydrazone groups is 1. The van der Waals surface area contributed by atoms with Crippen molar-refractivity contribution >= 4 is 34.9 Å². The van der Waals surface area contributed by atoms with Crippen molar-refractivity contribution in [3.05, 3.63) is 16.6 Å². The van der Waals surface area contributed by atoms with Gasteiger partial charge in [0.25, 0.3) is 0 Å². The zero-order valence-electron chi connectivity index (χ0n) is 5.52. The highest BCUT2D eigenvalue weighted by molar-refractivity contribution is 7.80. The smallest absolute Gasteiger partial charge is 0.184 e. The number of nitrogens with two attached hydrogens (primary N) is 1. The Labute approximate surface area is 73.1 Å². The molecule has 0 radical (unpaired) electrons. The lowest BCUT2D eigenvalue weighted by atomic mass is 10.8. The fourth-order valence-corrected chi connectivity index (χ4v) is 0.998. The molecular weight excluding hydrogens is 180 g/mol. The van der Waals surface area contributed by atoms with E-state index in [4.69, 9.17) is 5.73 Å². The number of thiocarbonyl (C=S) groups is 1. The molecule has 0 amide bonds. The fourth-order valence-electron chi connectivity index (χ4n) is 0.449. The number of nitrogens with zero attached hydrogens (tertiary/aromatic N) is 2. The second-order valence-electron chi connectivity index (χ2n) is 1.60. The summed E-state index contributed by atoms with van der Waals surface area (Å²) in [5, 5.41) is 6.55. The van der Waals surface area contributed by atoms with Crippen molar-refractivity contribution in [2.45, 2.75) is 0 Å². The van der Waals surface area contributed by atoms with E-state index in [1.807, 2.05) is 5.38 Å². The largest absolute Gasteiger partial charge is 0.375 e. The van der Waals surface area contributed by atoms with Crippen molar-refractivity contribution in [3.8, 4) is 0 Å². The summed E-state index contributed by atoms with van der Waals surface area (Å²) < 4.78 is 0. The summed E-state index contributed by atoms with van der Waals surface area (Å²) in [5.41, 5.74) is 7.55. The van der Waals surface area contributed by atoms with Gasteiger partial charge in [0.1, 0.15) is 5.01 Å². The lowest BCUT2D eigenvalue weighted by molar-refractivity contribution is 1.04. The molecule has 1 heterocycles. The molecule has 0 aromatic carbocycles. The third-order valence-electron chi connectivity index (χ3n) is 0.801. The summed E-state index contributed by atoms with van der Waals surface area (Å²) in [5.74, 6) is 0. The Kier molecular flexibility index (Phi) is 2.94. The van der Waals surface area contributed by atoms with E-state index in [1.54, 1.807) is 12.4 Å². The van der Waals surface area contributed by atoms with Crippen LogP contribution >= 0.6 is 23.6 Å². The highest BCUT2D eigenvalue weighted by Gasteiger charge is 1.86. The first-order valence-corrected chi connectivity index (χ1v) is 4.06. The molecule has 0 fully saturated rings. The number of aromatic nitrogens is 1. The molecule has 0 unspecified atom stereocenters. The van der Waals surface area contributed by atoms with Crippen LogP contribution in [0.4, 0.5) is 0 Å². The molecule has 6 heteroatoms. The van der Waals surface area contributed by atoms with E-state index in [1.165, 1.54) is 11.3 Å². The average Bonchev–Trinajstić information content (AvgIpc) is 2.39. The van der Waals surface area contributed by atoms with Crippen molar-refractivity contribution in [3.63, 3.8) is 0 Å². The monoisotopic (exact) mass is 186 g/mol. The van der Waals surface area contributed by atoms with Gasteiger partial charge in [-0.1, -0.05) is 0 Å². The summed E-state index contributed by atoms with van der Waals surface area (Å²) in [6.45, 7) is 0. The maximum absolute atomic E-state index is 5.12. The molecule has 0 saturated carbocycles. The van der Waals surface area contributed by atoms with Crippen LogP contribution in [0, 0.1) is 0 Å². The van der Waals surface area contributed by atoms with E-state index >= 15 is 0 Å². The third kappa shape index (κ3) is 3.06. The van der Waals surface area contributed by atoms with Gasteiger partial charge in [0.05, 0.1) is 6.21 Å². The minimum atomic E-state index is 0.151. The summed E-state index contributed by atoms with van der Waals surface area (Å²) in [6.07, 6.45) is 3.26. The molecule has 0 atom stereocenters. The van der Waals surface area contributed by atoms with E-state index in [2.05, 4.69) is 27.7 Å². The van der Waals surface area contributed by atoms with E-state index in [0.717, 1.165) is 5.01 Å². The zero-order valence-corrected chi connectivity index (χ0v) is 7.15. The SMILES string of the molecule is NC(=S)NN=Cc1nccs1. The van der Waals surface area contributed by atoms with E-state index in [0.29, 0.717) is 0 Å². The number of thiazole rings is 1. The van der Waals surface area contributed by atoms with Crippen molar-refractivity contribution in [2.24, 2.45) is 10.8 Å². The van der Waals surface area contributed by atoms with Crippen LogP contribution in [-0.2, 0) is 0 Å². The van der Waals surface area contributed by atoms with Gasteiger partial charge >= 0.3 is 0 Å². The number of nitrogens with one attached hydrogen (secondary N) is 1. The number of hydrogen-bond donors (Lipinski definition) is 2. The van der Waals surface area contributed by atoms with E-state index < -0.39 is 0 Å². The Balaban J connectivity index is 2.43. The van der Waals surface area contributed by atoms with Gasteiger partial charge in [-0.3, -0.25) is 5.43 Å². The Morgan fingerprint density at radius 2 is 2.73 bits per heavy atom. The van der Waals surface area contributed by atoms with Crippen molar-refractivity contribution in [2.75, 3.05) is 0 Å². The van der Waals surface area contributed by atoms with Crippen LogP contribution in [0.3, 0.4) is 0 Å². The van der Waals surface area contributed by atoms with E-state index in [-0.39, 0.29) is 5.11 Å². The van der Waals surface area contributed by atoms with Gasteiger partial charge in [-0.2, -0.15) is 5.10 Å². The second kappa shape index (κ2) is 3.99. The first-order valence-electron chi connectivity index (χ1n) is 2.77. The molecule has 0 bridgehead atoms. The standard InChI is InChI=1S/C5H6N4S2/c6-5(10)9-8-3-4-7-1-2-11-4/h1-3H,(H3,6,9,10). The quantitative estimate of drug-likeness (QED) is 0.396. The molecule has 0 aliphatic heterocycles. The van der Waals surface area contributed by atoms with Crippen LogP contribution in [0.25, 0.3) is 0 Å².